The highest BCUT2D eigenvalue weighted by Crippen LogP contribution is 2.41. The van der Waals surface area contributed by atoms with Crippen molar-refractivity contribution in [1.29, 1.82) is 0 Å². The first-order chi connectivity index (χ1) is 16.0. The van der Waals surface area contributed by atoms with Crippen molar-refractivity contribution >= 4 is 11.8 Å². The van der Waals surface area contributed by atoms with Crippen LogP contribution in [0, 0.1) is 0 Å². The van der Waals surface area contributed by atoms with Gasteiger partial charge < -0.3 is 19.9 Å². The summed E-state index contributed by atoms with van der Waals surface area (Å²) < 4.78 is 17.4. The van der Waals surface area contributed by atoms with Gasteiger partial charge in [-0.05, 0) is 24.8 Å². The Morgan fingerprint density at radius 3 is 2.36 bits per heavy atom. The third kappa shape index (κ3) is 3.70. The zero-order valence-corrected chi connectivity index (χ0v) is 18.6. The average Bonchev–Trinajstić information content (AvgIpc) is 3.22. The topological polar surface area (TPSA) is 88.1 Å². The molecule has 0 aliphatic heterocycles. The van der Waals surface area contributed by atoms with Gasteiger partial charge in [0.25, 0.3) is 0 Å². The molecule has 0 spiro atoms. The Morgan fingerprint density at radius 2 is 1.76 bits per heavy atom. The van der Waals surface area contributed by atoms with Crippen molar-refractivity contribution in [3.63, 3.8) is 0 Å². The van der Waals surface area contributed by atoms with Crippen molar-refractivity contribution in [1.82, 2.24) is 9.38 Å². The number of fused-ring (bicyclic) bond motifs is 1. The van der Waals surface area contributed by atoms with E-state index in [0.717, 1.165) is 40.9 Å². The van der Waals surface area contributed by atoms with Crippen molar-refractivity contribution in [2.24, 2.45) is 5.73 Å². The van der Waals surface area contributed by atoms with Crippen LogP contribution in [-0.2, 0) is 10.3 Å². The summed E-state index contributed by atoms with van der Waals surface area (Å²) in [6.07, 6.45) is 4.09. The summed E-state index contributed by atoms with van der Waals surface area (Å²) in [5.41, 5.74) is 11.6. The second kappa shape index (κ2) is 8.26. The Bertz CT molecular complexity index is 1310. The SMILES string of the molecule is COC(=O)Oc1cc(OC)c2nc(-c3ccc(C4(N)CCC4)cc3)c(-c3ccccc3)n2c1. The molecule has 0 amide bonds. The third-order valence-electron chi connectivity index (χ3n) is 6.28. The second-order valence-electron chi connectivity index (χ2n) is 8.26. The zero-order chi connectivity index (χ0) is 23.0. The number of methoxy groups -OCH3 is 2. The van der Waals surface area contributed by atoms with Crippen LogP contribution in [0.2, 0.25) is 0 Å². The lowest BCUT2D eigenvalue weighted by Crippen LogP contribution is -2.43. The van der Waals surface area contributed by atoms with E-state index in [0.29, 0.717) is 11.4 Å². The smallest absolute Gasteiger partial charge is 0.493 e. The Labute approximate surface area is 191 Å². The molecule has 4 aromatic rings. The quantitative estimate of drug-likeness (QED) is 0.429. The van der Waals surface area contributed by atoms with E-state index in [-0.39, 0.29) is 11.3 Å². The van der Waals surface area contributed by atoms with E-state index >= 15 is 0 Å². The summed E-state index contributed by atoms with van der Waals surface area (Å²) in [6, 6.07) is 19.9. The Balaban J connectivity index is 1.70. The van der Waals surface area contributed by atoms with E-state index in [9.17, 15) is 4.79 Å². The largest absolute Gasteiger partial charge is 0.513 e. The van der Waals surface area contributed by atoms with Gasteiger partial charge >= 0.3 is 6.16 Å². The second-order valence-corrected chi connectivity index (χ2v) is 8.26. The maximum absolute atomic E-state index is 11.7. The van der Waals surface area contributed by atoms with Crippen molar-refractivity contribution in [3.8, 4) is 34.0 Å². The van der Waals surface area contributed by atoms with E-state index in [2.05, 4.69) is 29.0 Å². The van der Waals surface area contributed by atoms with E-state index in [4.69, 9.17) is 20.2 Å². The number of carbonyl (C=O) groups excluding carboxylic acids is 1. The molecule has 1 saturated carbocycles. The monoisotopic (exact) mass is 443 g/mol. The molecular weight excluding hydrogens is 418 g/mol. The van der Waals surface area contributed by atoms with Gasteiger partial charge in [0.15, 0.2) is 17.1 Å². The lowest BCUT2D eigenvalue weighted by molar-refractivity contribution is 0.121. The van der Waals surface area contributed by atoms with Crippen LogP contribution in [0.25, 0.3) is 28.2 Å². The molecule has 2 heterocycles. The molecule has 5 rings (SSSR count). The lowest BCUT2D eigenvalue weighted by atomic mass is 9.72. The van der Waals surface area contributed by atoms with E-state index < -0.39 is 6.16 Å². The van der Waals surface area contributed by atoms with Gasteiger partial charge in [-0.25, -0.2) is 9.78 Å². The normalized spacial score (nSPS) is 14.5. The fraction of sp³-hybridized carbons (Fsp3) is 0.231. The van der Waals surface area contributed by atoms with Crippen molar-refractivity contribution in [3.05, 3.63) is 72.4 Å². The van der Waals surface area contributed by atoms with E-state index in [1.807, 2.05) is 34.7 Å². The molecule has 168 valence electrons. The molecule has 0 bridgehead atoms. The van der Waals surface area contributed by atoms with Crippen LogP contribution in [-0.4, -0.2) is 29.8 Å². The molecule has 0 atom stereocenters. The number of benzene rings is 2. The molecule has 2 aromatic heterocycles. The fourth-order valence-electron chi connectivity index (χ4n) is 4.31. The van der Waals surface area contributed by atoms with Gasteiger partial charge in [-0.1, -0.05) is 54.6 Å². The minimum Gasteiger partial charge on any atom is -0.493 e. The predicted molar refractivity (Wildman–Crippen MR) is 125 cm³/mol. The Morgan fingerprint density at radius 1 is 1.03 bits per heavy atom. The zero-order valence-electron chi connectivity index (χ0n) is 18.6. The summed E-state index contributed by atoms with van der Waals surface area (Å²) in [6.45, 7) is 0. The van der Waals surface area contributed by atoms with E-state index in [1.165, 1.54) is 13.5 Å². The van der Waals surface area contributed by atoms with Crippen LogP contribution in [0.4, 0.5) is 4.79 Å². The summed E-state index contributed by atoms with van der Waals surface area (Å²) in [5.74, 6) is 0.768. The minimum atomic E-state index is -0.805. The molecule has 33 heavy (non-hydrogen) atoms. The molecule has 7 heteroatoms. The summed E-state index contributed by atoms with van der Waals surface area (Å²) in [4.78, 5) is 16.7. The number of nitrogens with two attached hydrogens (primary N) is 1. The molecule has 0 unspecified atom stereocenters. The number of hydrogen-bond acceptors (Lipinski definition) is 6. The molecule has 0 radical (unpaired) electrons. The first kappa shape index (κ1) is 21.0. The molecule has 7 nitrogen and oxygen atoms in total. The van der Waals surface area contributed by atoms with Gasteiger partial charge in [-0.3, -0.25) is 4.40 Å². The van der Waals surface area contributed by atoms with E-state index in [1.54, 1.807) is 19.4 Å². The number of aromatic nitrogens is 2. The third-order valence-corrected chi connectivity index (χ3v) is 6.28. The Kier molecular flexibility index (Phi) is 5.26. The number of rotatable bonds is 5. The molecule has 1 aliphatic rings. The highest BCUT2D eigenvalue weighted by molar-refractivity contribution is 5.84. The van der Waals surface area contributed by atoms with Gasteiger partial charge in [-0.2, -0.15) is 0 Å². The first-order valence-electron chi connectivity index (χ1n) is 10.8. The number of ether oxygens (including phenoxy) is 3. The standard InChI is InChI=1S/C26H25N3O4/c1-31-21-15-20(33-25(30)32-2)16-29-23(18-7-4-3-5-8-18)22(28-24(21)29)17-9-11-19(12-10-17)26(27)13-6-14-26/h3-5,7-12,15-16H,6,13-14,27H2,1-2H3. The minimum absolute atomic E-state index is 0.219. The summed E-state index contributed by atoms with van der Waals surface area (Å²) in [5, 5.41) is 0. The molecule has 1 fully saturated rings. The van der Waals surface area contributed by atoms with Crippen LogP contribution < -0.4 is 15.2 Å². The van der Waals surface area contributed by atoms with Gasteiger partial charge in [-0.15, -0.1) is 0 Å². The van der Waals surface area contributed by atoms with Crippen LogP contribution in [0.1, 0.15) is 24.8 Å². The number of nitrogens with zero attached hydrogens (tertiary/aromatic N) is 2. The van der Waals surface area contributed by atoms with Gasteiger partial charge in [0.05, 0.1) is 31.8 Å². The lowest BCUT2D eigenvalue weighted by Gasteiger charge is -2.38. The molecule has 2 aromatic carbocycles. The molecular formula is C26H25N3O4. The average molecular weight is 444 g/mol. The van der Waals surface area contributed by atoms with Gasteiger partial charge in [0.2, 0.25) is 0 Å². The highest BCUT2D eigenvalue weighted by atomic mass is 16.7. The first-order valence-corrected chi connectivity index (χ1v) is 10.8. The van der Waals surface area contributed by atoms with Gasteiger partial charge in [0.1, 0.15) is 0 Å². The van der Waals surface area contributed by atoms with Gasteiger partial charge in [0, 0.05) is 22.7 Å². The molecule has 2 N–H and O–H groups in total. The van der Waals surface area contributed by atoms with Crippen molar-refractivity contribution in [2.45, 2.75) is 24.8 Å². The Hall–Kier alpha value is -3.84. The van der Waals surface area contributed by atoms with Crippen molar-refractivity contribution < 1.29 is 19.0 Å². The van der Waals surface area contributed by atoms with Crippen LogP contribution in [0.3, 0.4) is 0 Å². The fourth-order valence-corrected chi connectivity index (χ4v) is 4.31. The van der Waals surface area contributed by atoms with Crippen LogP contribution in [0.5, 0.6) is 11.5 Å². The number of pyridine rings is 1. The number of hydrogen-bond donors (Lipinski definition) is 1. The van der Waals surface area contributed by atoms with Crippen molar-refractivity contribution in [2.75, 3.05) is 14.2 Å². The maximum Gasteiger partial charge on any atom is 0.513 e. The maximum atomic E-state index is 11.7. The van der Waals surface area contributed by atoms with Crippen LogP contribution in [0.15, 0.2) is 66.9 Å². The molecule has 0 saturated heterocycles. The predicted octanol–water partition coefficient (Wildman–Crippen LogP) is 5.16. The number of carbonyl (C=O) groups is 1. The molecule has 1 aliphatic carbocycles. The van der Waals surface area contributed by atoms with Crippen LogP contribution >= 0.6 is 0 Å². The number of imidazole rings is 1. The highest BCUT2D eigenvalue weighted by Gasteiger charge is 2.34. The summed E-state index contributed by atoms with van der Waals surface area (Å²) in [7, 11) is 2.82. The summed E-state index contributed by atoms with van der Waals surface area (Å²) >= 11 is 0.